The van der Waals surface area contributed by atoms with E-state index in [0.717, 1.165) is 41.6 Å². The van der Waals surface area contributed by atoms with Crippen LogP contribution >= 0.6 is 0 Å². The van der Waals surface area contributed by atoms with Crippen LogP contribution in [-0.4, -0.2) is 19.5 Å². The first kappa shape index (κ1) is 14.8. The van der Waals surface area contributed by atoms with Crippen LogP contribution in [0.25, 0.3) is 27.7 Å². The van der Waals surface area contributed by atoms with E-state index in [2.05, 4.69) is 21.0 Å². The number of allylic oxidation sites excluding steroid dienone is 2. The van der Waals surface area contributed by atoms with E-state index in [-0.39, 0.29) is 5.82 Å². The predicted molar refractivity (Wildman–Crippen MR) is 92.6 cm³/mol. The number of aryl methyl sites for hydroxylation is 1. The average molecular weight is 323 g/mol. The monoisotopic (exact) mass is 323 g/mol. The van der Waals surface area contributed by atoms with Crippen molar-refractivity contribution >= 4 is 22.4 Å². The summed E-state index contributed by atoms with van der Waals surface area (Å²) in [7, 11) is 1.97. The van der Waals surface area contributed by atoms with Crippen molar-refractivity contribution in [1.29, 1.82) is 0 Å². The maximum Gasteiger partial charge on any atom is 0.146 e. The van der Waals surface area contributed by atoms with E-state index in [4.69, 9.17) is 5.73 Å². The van der Waals surface area contributed by atoms with E-state index in [0.29, 0.717) is 11.4 Å². The van der Waals surface area contributed by atoms with Gasteiger partial charge in [0.05, 0.1) is 17.3 Å². The molecule has 2 N–H and O–H groups in total. The highest BCUT2D eigenvalue weighted by molar-refractivity contribution is 6.05. The first-order chi connectivity index (χ1) is 11.7. The lowest BCUT2D eigenvalue weighted by atomic mass is 9.92. The molecule has 0 saturated heterocycles. The summed E-state index contributed by atoms with van der Waals surface area (Å²) in [6.07, 6.45) is 11.0. The van der Waals surface area contributed by atoms with E-state index >= 15 is 0 Å². The predicted octanol–water partition coefficient (Wildman–Crippen LogP) is 3.71. The van der Waals surface area contributed by atoms with Crippen molar-refractivity contribution in [2.75, 3.05) is 5.73 Å². The number of fused-ring (bicyclic) bond motifs is 1. The lowest BCUT2D eigenvalue weighted by Gasteiger charge is -2.16. The van der Waals surface area contributed by atoms with Gasteiger partial charge in [-0.05, 0) is 37.3 Å². The largest absolute Gasteiger partial charge is 0.383 e. The molecule has 3 heterocycles. The fourth-order valence-electron chi connectivity index (χ4n) is 3.53. The lowest BCUT2D eigenvalue weighted by molar-refractivity contribution is 0.622. The Labute approximate surface area is 139 Å². The number of hydrogen-bond donors (Lipinski definition) is 1. The van der Waals surface area contributed by atoms with Gasteiger partial charge in [0.2, 0.25) is 0 Å². The Morgan fingerprint density at radius 1 is 1.21 bits per heavy atom. The van der Waals surface area contributed by atoms with Gasteiger partial charge in [0.25, 0.3) is 0 Å². The second-order valence-electron chi connectivity index (χ2n) is 6.11. The molecule has 0 radical (unpaired) electrons. The van der Waals surface area contributed by atoms with E-state index in [1.54, 1.807) is 6.20 Å². The zero-order valence-electron chi connectivity index (χ0n) is 13.5. The smallest absolute Gasteiger partial charge is 0.146 e. The number of nitrogens with zero attached hydrogens (tertiary/aromatic N) is 4. The van der Waals surface area contributed by atoms with Gasteiger partial charge in [-0.2, -0.15) is 0 Å². The molecule has 24 heavy (non-hydrogen) atoms. The molecule has 5 nitrogen and oxygen atoms in total. The fraction of sp³-hybridized carbons (Fsp3) is 0.278. The molecule has 6 heteroatoms. The molecule has 122 valence electrons. The molecule has 1 aliphatic rings. The number of nitrogens with two attached hydrogens (primary N) is 1. The maximum atomic E-state index is 13.8. The average Bonchev–Trinajstić information content (AvgIpc) is 2.90. The van der Waals surface area contributed by atoms with Crippen LogP contribution in [0, 0.1) is 5.82 Å². The maximum absolute atomic E-state index is 13.8. The Morgan fingerprint density at radius 2 is 2.08 bits per heavy atom. The summed E-state index contributed by atoms with van der Waals surface area (Å²) in [5.41, 5.74) is 10.7. The van der Waals surface area contributed by atoms with Crippen molar-refractivity contribution in [1.82, 2.24) is 19.5 Å². The topological polar surface area (TPSA) is 69.6 Å². The highest BCUT2D eigenvalue weighted by atomic mass is 19.1. The van der Waals surface area contributed by atoms with Crippen LogP contribution in [0.4, 0.5) is 10.2 Å². The number of pyridine rings is 1. The van der Waals surface area contributed by atoms with E-state index < -0.39 is 0 Å². The van der Waals surface area contributed by atoms with Crippen molar-refractivity contribution in [2.24, 2.45) is 7.05 Å². The van der Waals surface area contributed by atoms with Crippen LogP contribution in [0.2, 0.25) is 0 Å². The Bertz CT molecular complexity index is 957. The first-order valence-electron chi connectivity index (χ1n) is 8.06. The molecule has 0 atom stereocenters. The molecule has 0 fully saturated rings. The molecule has 0 spiro atoms. The molecule has 0 bridgehead atoms. The van der Waals surface area contributed by atoms with Crippen molar-refractivity contribution in [3.63, 3.8) is 0 Å². The van der Waals surface area contributed by atoms with Gasteiger partial charge in [0, 0.05) is 24.4 Å². The van der Waals surface area contributed by atoms with Gasteiger partial charge in [-0.1, -0.05) is 6.08 Å². The fourth-order valence-corrected chi connectivity index (χ4v) is 3.53. The molecule has 0 aromatic carbocycles. The second-order valence-corrected chi connectivity index (χ2v) is 6.11. The summed E-state index contributed by atoms with van der Waals surface area (Å²) < 4.78 is 15.8. The normalized spacial score (nSPS) is 14.8. The molecular formula is C18H18FN5. The molecule has 0 amide bonds. The highest BCUT2D eigenvalue weighted by Crippen LogP contribution is 2.41. The van der Waals surface area contributed by atoms with Gasteiger partial charge >= 0.3 is 0 Å². The summed E-state index contributed by atoms with van der Waals surface area (Å²) in [6, 6.07) is 1.49. The van der Waals surface area contributed by atoms with Crippen LogP contribution in [0.1, 0.15) is 31.4 Å². The third-order valence-electron chi connectivity index (χ3n) is 4.59. The first-order valence-corrected chi connectivity index (χ1v) is 8.06. The molecule has 0 saturated carbocycles. The SMILES string of the molecule is Cn1c(C2=CCCCC2)c(-c2cncc(F)c2)c2c(N)ncnc21. The second kappa shape index (κ2) is 5.70. The summed E-state index contributed by atoms with van der Waals surface area (Å²) in [6.45, 7) is 0. The summed E-state index contributed by atoms with van der Waals surface area (Å²) in [5.74, 6) is 0.0287. The highest BCUT2D eigenvalue weighted by Gasteiger charge is 2.23. The van der Waals surface area contributed by atoms with E-state index in [1.165, 1.54) is 30.6 Å². The number of rotatable bonds is 2. The number of halogens is 1. The van der Waals surface area contributed by atoms with Crippen molar-refractivity contribution in [3.05, 3.63) is 42.4 Å². The Morgan fingerprint density at radius 3 is 2.83 bits per heavy atom. The minimum atomic E-state index is -0.372. The van der Waals surface area contributed by atoms with E-state index in [9.17, 15) is 4.39 Å². The van der Waals surface area contributed by atoms with Crippen LogP contribution in [0.3, 0.4) is 0 Å². The Balaban J connectivity index is 2.10. The van der Waals surface area contributed by atoms with Crippen LogP contribution in [0.5, 0.6) is 0 Å². The lowest BCUT2D eigenvalue weighted by Crippen LogP contribution is -2.01. The third kappa shape index (κ3) is 2.26. The number of anilines is 1. The quantitative estimate of drug-likeness (QED) is 0.780. The summed E-state index contributed by atoms with van der Waals surface area (Å²) in [4.78, 5) is 12.5. The molecule has 3 aromatic heterocycles. The zero-order chi connectivity index (χ0) is 16.7. The van der Waals surface area contributed by atoms with Crippen molar-refractivity contribution in [3.8, 4) is 11.1 Å². The molecular weight excluding hydrogens is 305 g/mol. The molecule has 0 aliphatic heterocycles. The zero-order valence-corrected chi connectivity index (χ0v) is 13.5. The van der Waals surface area contributed by atoms with Crippen molar-refractivity contribution in [2.45, 2.75) is 25.7 Å². The van der Waals surface area contributed by atoms with Gasteiger partial charge in [-0.3, -0.25) is 4.98 Å². The Hall–Kier alpha value is -2.76. The summed E-state index contributed by atoms with van der Waals surface area (Å²) >= 11 is 0. The summed E-state index contributed by atoms with van der Waals surface area (Å²) in [5, 5.41) is 0.758. The van der Waals surface area contributed by atoms with E-state index in [1.807, 2.05) is 11.6 Å². The van der Waals surface area contributed by atoms with Crippen LogP contribution in [-0.2, 0) is 7.05 Å². The van der Waals surface area contributed by atoms with Crippen molar-refractivity contribution < 1.29 is 4.39 Å². The number of nitrogen functional groups attached to an aromatic ring is 1. The van der Waals surface area contributed by atoms with Crippen LogP contribution in [0.15, 0.2) is 30.9 Å². The van der Waals surface area contributed by atoms with Gasteiger partial charge in [-0.15, -0.1) is 0 Å². The molecule has 3 aromatic rings. The van der Waals surface area contributed by atoms with Gasteiger partial charge < -0.3 is 10.3 Å². The number of aromatic nitrogens is 4. The van der Waals surface area contributed by atoms with Gasteiger partial charge in [-0.25, -0.2) is 14.4 Å². The van der Waals surface area contributed by atoms with Gasteiger partial charge in [0.15, 0.2) is 0 Å². The standard InChI is InChI=1S/C18H18FN5/c1-24-16(11-5-3-2-4-6-11)14(12-7-13(19)9-21-8-12)15-17(20)22-10-23-18(15)24/h5,7-10H,2-4,6H2,1H3,(H2,20,22,23). The molecule has 1 aliphatic carbocycles. The van der Waals surface area contributed by atoms with Gasteiger partial charge in [0.1, 0.15) is 23.6 Å². The molecule has 4 rings (SSSR count). The third-order valence-corrected chi connectivity index (χ3v) is 4.59. The Kier molecular flexibility index (Phi) is 3.52. The van der Waals surface area contributed by atoms with Crippen LogP contribution < -0.4 is 5.73 Å². The number of hydrogen-bond acceptors (Lipinski definition) is 4. The minimum Gasteiger partial charge on any atom is -0.383 e. The molecule has 0 unspecified atom stereocenters. The minimum absolute atomic E-state index is 0.372.